The lowest BCUT2D eigenvalue weighted by atomic mass is 9.98. The van der Waals surface area contributed by atoms with Crippen LogP contribution in [0.3, 0.4) is 0 Å². The maximum atomic E-state index is 14.1. The molecule has 0 radical (unpaired) electrons. The van der Waals surface area contributed by atoms with Gasteiger partial charge in [-0.3, -0.25) is 9.69 Å². The number of phenols is 1. The summed E-state index contributed by atoms with van der Waals surface area (Å²) in [6.07, 6.45) is 1.51. The van der Waals surface area contributed by atoms with Gasteiger partial charge in [-0.2, -0.15) is 8.42 Å². The molecule has 1 saturated heterocycles. The van der Waals surface area contributed by atoms with E-state index in [2.05, 4.69) is 28.3 Å². The van der Waals surface area contributed by atoms with Crippen molar-refractivity contribution >= 4 is 43.7 Å². The van der Waals surface area contributed by atoms with E-state index in [1.165, 1.54) is 47.4 Å². The summed E-state index contributed by atoms with van der Waals surface area (Å²) in [4.78, 5) is 29.4. The topological polar surface area (TPSA) is 157 Å². The minimum atomic E-state index is -4.13. The van der Waals surface area contributed by atoms with E-state index in [1.807, 2.05) is 18.2 Å². The summed E-state index contributed by atoms with van der Waals surface area (Å²) in [5.41, 5.74) is 8.56. The number of urea groups is 1. The first kappa shape index (κ1) is 37.6. The molecule has 0 aromatic heterocycles. The Balaban J connectivity index is 1.36. The van der Waals surface area contributed by atoms with E-state index in [0.717, 1.165) is 24.1 Å². The van der Waals surface area contributed by atoms with E-state index in [4.69, 9.17) is 19.4 Å². The zero-order chi connectivity index (χ0) is 36.8. The molecule has 4 aromatic carbocycles. The van der Waals surface area contributed by atoms with E-state index in [-0.39, 0.29) is 22.8 Å². The molecule has 1 aliphatic heterocycles. The highest BCUT2D eigenvalue weighted by molar-refractivity contribution is 9.10. The summed E-state index contributed by atoms with van der Waals surface area (Å²) in [6, 6.07) is 22.2. The van der Waals surface area contributed by atoms with Crippen molar-refractivity contribution in [3.63, 3.8) is 0 Å². The number of carbonyl (C=O) groups is 2. The van der Waals surface area contributed by atoms with Crippen LogP contribution in [0, 0.1) is 0 Å². The van der Waals surface area contributed by atoms with E-state index in [1.54, 1.807) is 44.6 Å². The first-order valence-electron chi connectivity index (χ1n) is 16.3. The largest absolute Gasteiger partial charge is 0.508 e. The lowest BCUT2D eigenvalue weighted by molar-refractivity contribution is -0.928. The molecular weight excluding hydrogens is 740 g/mol. The molecule has 12 nitrogen and oxygen atoms in total. The number of amides is 3. The molecule has 1 unspecified atom stereocenters. The van der Waals surface area contributed by atoms with E-state index in [9.17, 15) is 23.1 Å². The third-order valence-electron chi connectivity index (χ3n) is 8.85. The van der Waals surface area contributed by atoms with Gasteiger partial charge in [-0.25, -0.2) is 4.79 Å². The minimum absolute atomic E-state index is 0.0239. The summed E-state index contributed by atoms with van der Waals surface area (Å²) in [5, 5.41) is 12.5. The summed E-state index contributed by atoms with van der Waals surface area (Å²) in [7, 11) is 1.14. The van der Waals surface area contributed by atoms with Crippen molar-refractivity contribution in [2.24, 2.45) is 5.73 Å². The second-order valence-corrected chi connectivity index (χ2v) is 15.1. The average molecular weight is 783 g/mol. The molecule has 1 aliphatic rings. The van der Waals surface area contributed by atoms with Crippen LogP contribution < -0.4 is 24.7 Å². The van der Waals surface area contributed by atoms with Gasteiger partial charge in [-0.1, -0.05) is 24.3 Å². The molecule has 0 saturated carbocycles. The van der Waals surface area contributed by atoms with Gasteiger partial charge in [0.2, 0.25) is 5.91 Å². The van der Waals surface area contributed by atoms with Gasteiger partial charge < -0.3 is 34.3 Å². The number of piperidine rings is 1. The Morgan fingerprint density at radius 1 is 0.980 bits per heavy atom. The highest BCUT2D eigenvalue weighted by atomic mass is 79.9. The molecule has 14 heteroatoms. The second-order valence-electron chi connectivity index (χ2n) is 12.8. The van der Waals surface area contributed by atoms with Gasteiger partial charge in [0, 0.05) is 15.7 Å². The van der Waals surface area contributed by atoms with Crippen molar-refractivity contribution < 1.29 is 41.3 Å². The van der Waals surface area contributed by atoms with Gasteiger partial charge >= 0.3 is 16.1 Å². The number of hydrogen-bond donors (Lipinski definition) is 3. The van der Waals surface area contributed by atoms with Crippen LogP contribution >= 0.6 is 15.9 Å². The third kappa shape index (κ3) is 9.38. The number of ether oxygens (including phenoxy) is 2. The van der Waals surface area contributed by atoms with Crippen molar-refractivity contribution in [1.82, 2.24) is 4.90 Å². The Labute approximate surface area is 306 Å². The van der Waals surface area contributed by atoms with Crippen LogP contribution in [0.5, 0.6) is 23.0 Å². The van der Waals surface area contributed by atoms with Crippen LogP contribution in [-0.4, -0.2) is 81.3 Å². The lowest BCUT2D eigenvalue weighted by Gasteiger charge is -2.44. The zero-order valence-electron chi connectivity index (χ0n) is 28.6. The smallest absolute Gasteiger partial charge is 0.340 e. The highest BCUT2D eigenvalue weighted by Gasteiger charge is 2.41. The molecule has 5 rings (SSSR count). The molecule has 0 aliphatic carbocycles. The maximum absolute atomic E-state index is 14.1. The first-order valence-corrected chi connectivity index (χ1v) is 18.5. The number of likely N-dealkylation sites (tertiary alicyclic amines) is 1. The van der Waals surface area contributed by atoms with Gasteiger partial charge in [-0.15, -0.1) is 0 Å². The number of methoxy groups -OCH3 is 2. The Morgan fingerprint density at radius 2 is 1.65 bits per heavy atom. The van der Waals surface area contributed by atoms with Gasteiger partial charge in [0.15, 0.2) is 11.5 Å². The van der Waals surface area contributed by atoms with E-state index < -0.39 is 34.1 Å². The molecule has 0 bridgehead atoms. The molecule has 1 fully saturated rings. The number of imide groups is 1. The number of phenolic OH excluding ortho intramolecular Hbond substituents is 1. The number of aromatic hydroxyl groups is 1. The molecule has 1 heterocycles. The lowest BCUT2D eigenvalue weighted by Crippen LogP contribution is -2.62. The molecule has 4 aromatic rings. The summed E-state index contributed by atoms with van der Waals surface area (Å²) in [5.74, 6) is 0.846. The Kier molecular flexibility index (Phi) is 11.9. The van der Waals surface area contributed by atoms with Crippen molar-refractivity contribution in [3.8, 4) is 23.0 Å². The van der Waals surface area contributed by atoms with Crippen LogP contribution in [0.2, 0.25) is 0 Å². The summed E-state index contributed by atoms with van der Waals surface area (Å²) in [6.45, 7) is 1.95. The number of hydrogen-bond acceptors (Lipinski definition) is 9. The van der Waals surface area contributed by atoms with Crippen LogP contribution in [0.1, 0.15) is 24.0 Å². The Bertz CT molecular complexity index is 1960. The Morgan fingerprint density at radius 3 is 2.31 bits per heavy atom. The number of nitrogens with zero attached hydrogens (tertiary/aromatic N) is 2. The second kappa shape index (κ2) is 16.1. The van der Waals surface area contributed by atoms with Gasteiger partial charge in [0.25, 0.3) is 0 Å². The fourth-order valence-corrected chi connectivity index (χ4v) is 8.25. The maximum Gasteiger partial charge on any atom is 0.340 e. The van der Waals surface area contributed by atoms with E-state index in [0.29, 0.717) is 45.7 Å². The summed E-state index contributed by atoms with van der Waals surface area (Å²) >= 11 is 3.24. The monoisotopic (exact) mass is 781 g/mol. The standard InChI is InChI=1S/C37H41BrN4O8S/c1-42(23-26-12-19-33(48-2)34(22-26)49-3)20-6-7-28(24-42)41(36(44)32(39)21-25-10-15-29(43)16-11-25)37(45)40-27-13-17-30(18-14-27)50-51(46,47)35-9-5-4-8-31(35)38/h4-5,8-19,22,28,32H,6-7,20-21,23-24,39H2,1-3H3,(H-,40,43,45)/p+1/t28-,32-,42?/m0/s1. The molecule has 51 heavy (non-hydrogen) atoms. The average Bonchev–Trinajstić information content (AvgIpc) is 3.10. The number of nitrogens with two attached hydrogens (primary N) is 1. The fourth-order valence-electron chi connectivity index (χ4n) is 6.37. The molecule has 3 amide bonds. The van der Waals surface area contributed by atoms with Crippen molar-refractivity contribution in [3.05, 3.63) is 107 Å². The number of anilines is 1. The third-order valence-corrected chi connectivity index (χ3v) is 11.1. The number of carbonyl (C=O) groups excluding carboxylic acids is 2. The predicted octanol–water partition coefficient (Wildman–Crippen LogP) is 5.68. The van der Waals surface area contributed by atoms with Crippen molar-refractivity contribution in [2.75, 3.05) is 39.7 Å². The highest BCUT2D eigenvalue weighted by Crippen LogP contribution is 2.31. The number of halogens is 1. The Hall–Kier alpha value is -4.63. The molecule has 0 spiro atoms. The normalized spacial score (nSPS) is 17.9. The van der Waals surface area contributed by atoms with Crippen molar-refractivity contribution in [2.45, 2.75) is 42.8 Å². The van der Waals surface area contributed by atoms with Crippen LogP contribution in [0.4, 0.5) is 10.5 Å². The van der Waals surface area contributed by atoms with Crippen LogP contribution in [0.25, 0.3) is 0 Å². The number of benzene rings is 4. The van der Waals surface area contributed by atoms with E-state index >= 15 is 0 Å². The number of nitrogens with one attached hydrogen (secondary N) is 1. The zero-order valence-corrected chi connectivity index (χ0v) is 31.0. The fraction of sp³-hybridized carbons (Fsp3) is 0.297. The first-order chi connectivity index (χ1) is 24.3. The van der Waals surface area contributed by atoms with Gasteiger partial charge in [0.05, 0.1) is 39.9 Å². The van der Waals surface area contributed by atoms with Crippen molar-refractivity contribution in [1.29, 1.82) is 0 Å². The molecule has 4 N–H and O–H groups in total. The predicted molar refractivity (Wildman–Crippen MR) is 196 cm³/mol. The SMILES string of the molecule is COc1ccc(C[N+]2(C)CCC[C@H](N(C(=O)Nc3ccc(OS(=O)(=O)c4ccccc4Br)cc3)C(=O)[C@@H](N)Cc3ccc(O)cc3)C2)cc1OC. The van der Waals surface area contributed by atoms with Gasteiger partial charge in [0.1, 0.15) is 29.5 Å². The molecular formula is C37H42BrN4O8S+. The minimum Gasteiger partial charge on any atom is -0.508 e. The molecule has 270 valence electrons. The summed E-state index contributed by atoms with van der Waals surface area (Å²) < 4.78 is 42.9. The van der Waals surface area contributed by atoms with Crippen LogP contribution in [0.15, 0.2) is 100 Å². The number of likely N-dealkylation sites (N-methyl/N-ethyl adjacent to an activating group) is 1. The van der Waals surface area contributed by atoms with Crippen LogP contribution in [-0.2, 0) is 27.9 Å². The molecule has 3 atom stereocenters. The number of rotatable bonds is 12. The quantitative estimate of drug-likeness (QED) is 0.122. The number of quaternary nitrogens is 1. The van der Waals surface area contributed by atoms with Gasteiger partial charge in [-0.05, 0) is 107 Å².